The molecule has 3 aromatic rings. The summed E-state index contributed by atoms with van der Waals surface area (Å²) in [6, 6.07) is 10.0. The highest BCUT2D eigenvalue weighted by Gasteiger charge is 2.36. The van der Waals surface area contributed by atoms with Gasteiger partial charge in [0.1, 0.15) is 23.3 Å². The van der Waals surface area contributed by atoms with Gasteiger partial charge in [-0.1, -0.05) is 0 Å². The van der Waals surface area contributed by atoms with Crippen LogP contribution >= 0.6 is 0 Å². The van der Waals surface area contributed by atoms with Crippen LogP contribution in [-0.2, 0) is 0 Å². The Balaban J connectivity index is 1.75. The summed E-state index contributed by atoms with van der Waals surface area (Å²) in [6.45, 7) is 0. The highest BCUT2D eigenvalue weighted by atomic mass is 16.5. The number of amides is 1. The summed E-state index contributed by atoms with van der Waals surface area (Å²) in [5, 5.41) is 5.93. The smallest absolute Gasteiger partial charge is 0.274 e. The van der Waals surface area contributed by atoms with Crippen LogP contribution in [0.2, 0.25) is 0 Å². The van der Waals surface area contributed by atoms with E-state index in [9.17, 15) is 4.79 Å². The van der Waals surface area contributed by atoms with Gasteiger partial charge in [-0.25, -0.2) is 5.01 Å². The van der Waals surface area contributed by atoms with Crippen LogP contribution in [0.4, 0.5) is 0 Å². The molecule has 1 amide bonds. The average molecular weight is 396 g/mol. The number of benzene rings is 1. The molecule has 29 heavy (non-hydrogen) atoms. The summed E-state index contributed by atoms with van der Waals surface area (Å²) < 4.78 is 27.1. The molecule has 2 aromatic heterocycles. The predicted octanol–water partition coefficient (Wildman–Crippen LogP) is 3.89. The molecule has 0 N–H and O–H groups in total. The second kappa shape index (κ2) is 7.75. The van der Waals surface area contributed by atoms with Crippen molar-refractivity contribution in [3.63, 3.8) is 0 Å². The van der Waals surface area contributed by atoms with Gasteiger partial charge in [-0.15, -0.1) is 0 Å². The van der Waals surface area contributed by atoms with Crippen LogP contribution in [0.3, 0.4) is 0 Å². The van der Waals surface area contributed by atoms with Crippen molar-refractivity contribution in [3.05, 3.63) is 66.0 Å². The number of methoxy groups -OCH3 is 3. The minimum absolute atomic E-state index is 0.327. The van der Waals surface area contributed by atoms with Gasteiger partial charge in [-0.2, -0.15) is 5.10 Å². The van der Waals surface area contributed by atoms with Crippen molar-refractivity contribution in [3.8, 4) is 17.2 Å². The number of hydrogen-bond donors (Lipinski definition) is 0. The molecule has 1 aliphatic rings. The maximum Gasteiger partial charge on any atom is 0.274 e. The molecule has 8 heteroatoms. The monoisotopic (exact) mass is 396 g/mol. The normalized spacial score (nSPS) is 15.9. The third-order valence-corrected chi connectivity index (χ3v) is 4.71. The number of carbonyl (C=O) groups is 1. The second-order valence-electron chi connectivity index (χ2n) is 6.32. The fraction of sp³-hybridized carbons (Fsp3) is 0.238. The van der Waals surface area contributed by atoms with E-state index in [1.54, 1.807) is 36.8 Å². The third kappa shape index (κ3) is 3.33. The molecule has 1 aliphatic heterocycles. The van der Waals surface area contributed by atoms with Gasteiger partial charge in [0.25, 0.3) is 5.91 Å². The summed E-state index contributed by atoms with van der Waals surface area (Å²) in [4.78, 5) is 13.4. The highest BCUT2D eigenvalue weighted by Crippen LogP contribution is 2.40. The molecular weight excluding hydrogens is 376 g/mol. The zero-order valence-corrected chi connectivity index (χ0v) is 16.2. The van der Waals surface area contributed by atoms with Crippen LogP contribution in [-0.4, -0.2) is 38.0 Å². The van der Waals surface area contributed by atoms with Gasteiger partial charge in [0, 0.05) is 12.0 Å². The standard InChI is InChI=1S/C21H20N2O6/c1-25-18-10-13(11-19(26-2)20(18)27-3)21(24)23-15(17-7-5-9-29-17)12-14(22-23)16-6-4-8-28-16/h4-11,15H,12H2,1-3H3/t15-/m0/s1. The zero-order chi connectivity index (χ0) is 20.4. The minimum atomic E-state index is -0.392. The Morgan fingerprint density at radius 2 is 1.72 bits per heavy atom. The first-order valence-electron chi connectivity index (χ1n) is 8.94. The maximum absolute atomic E-state index is 13.4. The number of hydrazone groups is 1. The lowest BCUT2D eigenvalue weighted by Crippen LogP contribution is -2.27. The molecule has 0 aliphatic carbocycles. The van der Waals surface area contributed by atoms with Crippen molar-refractivity contribution < 1.29 is 27.8 Å². The van der Waals surface area contributed by atoms with Crippen LogP contribution in [0.15, 0.2) is 62.9 Å². The van der Waals surface area contributed by atoms with E-state index in [2.05, 4.69) is 5.10 Å². The topological polar surface area (TPSA) is 86.6 Å². The first kappa shape index (κ1) is 18.7. The number of hydrogen-bond acceptors (Lipinski definition) is 7. The van der Waals surface area contributed by atoms with Crippen molar-refractivity contribution in [2.75, 3.05) is 21.3 Å². The van der Waals surface area contributed by atoms with Crippen LogP contribution in [0.1, 0.15) is 34.3 Å². The van der Waals surface area contributed by atoms with E-state index in [0.29, 0.717) is 46.5 Å². The molecule has 1 atom stereocenters. The first-order valence-corrected chi connectivity index (χ1v) is 8.94. The molecule has 0 saturated heterocycles. The van der Waals surface area contributed by atoms with E-state index in [-0.39, 0.29) is 5.91 Å². The lowest BCUT2D eigenvalue weighted by atomic mass is 10.1. The lowest BCUT2D eigenvalue weighted by molar-refractivity contribution is 0.0692. The Labute approximate surface area is 167 Å². The van der Waals surface area contributed by atoms with Gasteiger partial charge in [0.15, 0.2) is 11.5 Å². The molecule has 0 radical (unpaired) electrons. The molecule has 150 valence electrons. The minimum Gasteiger partial charge on any atom is -0.493 e. The second-order valence-corrected chi connectivity index (χ2v) is 6.32. The van der Waals surface area contributed by atoms with Crippen molar-refractivity contribution in [2.45, 2.75) is 12.5 Å². The molecule has 4 rings (SSSR count). The van der Waals surface area contributed by atoms with Gasteiger partial charge < -0.3 is 23.0 Å². The summed E-state index contributed by atoms with van der Waals surface area (Å²) in [5.74, 6) is 2.11. The van der Waals surface area contributed by atoms with Crippen molar-refractivity contribution in [1.29, 1.82) is 0 Å². The van der Waals surface area contributed by atoms with Gasteiger partial charge in [-0.05, 0) is 36.4 Å². The van der Waals surface area contributed by atoms with Crippen LogP contribution in [0, 0.1) is 0 Å². The number of carbonyl (C=O) groups excluding carboxylic acids is 1. The zero-order valence-electron chi connectivity index (χ0n) is 16.2. The molecule has 8 nitrogen and oxygen atoms in total. The summed E-state index contributed by atoms with van der Waals surface area (Å²) in [5.41, 5.74) is 1.01. The van der Waals surface area contributed by atoms with Gasteiger partial charge in [-0.3, -0.25) is 4.79 Å². The molecule has 0 saturated carbocycles. The van der Waals surface area contributed by atoms with Crippen molar-refractivity contribution >= 4 is 11.6 Å². The van der Waals surface area contributed by atoms with E-state index in [4.69, 9.17) is 23.0 Å². The summed E-state index contributed by atoms with van der Waals surface area (Å²) in [6.07, 6.45) is 3.61. The number of nitrogens with zero attached hydrogens (tertiary/aromatic N) is 2. The summed E-state index contributed by atoms with van der Waals surface area (Å²) in [7, 11) is 4.51. The van der Waals surface area contributed by atoms with E-state index in [0.717, 1.165) is 0 Å². The molecule has 1 aromatic carbocycles. The average Bonchev–Trinajstić information content (AvgIpc) is 3.51. The fourth-order valence-corrected chi connectivity index (χ4v) is 3.33. The molecule has 0 unspecified atom stereocenters. The number of rotatable bonds is 6. The Bertz CT molecular complexity index is 999. The van der Waals surface area contributed by atoms with Crippen molar-refractivity contribution in [1.82, 2.24) is 5.01 Å². The van der Waals surface area contributed by atoms with Gasteiger partial charge in [0.05, 0.1) is 33.9 Å². The van der Waals surface area contributed by atoms with E-state index >= 15 is 0 Å². The Hall–Kier alpha value is -3.68. The quantitative estimate of drug-likeness (QED) is 0.628. The Morgan fingerprint density at radius 3 is 2.28 bits per heavy atom. The van der Waals surface area contributed by atoms with Gasteiger partial charge in [0.2, 0.25) is 5.75 Å². The van der Waals surface area contributed by atoms with Crippen LogP contribution in [0.5, 0.6) is 17.2 Å². The van der Waals surface area contributed by atoms with Crippen molar-refractivity contribution in [2.24, 2.45) is 5.10 Å². The number of ether oxygens (including phenoxy) is 3. The SMILES string of the molecule is COc1cc(C(=O)N2N=C(c3ccco3)C[C@H]2c2ccco2)cc(OC)c1OC. The van der Waals surface area contributed by atoms with E-state index < -0.39 is 6.04 Å². The van der Waals surface area contributed by atoms with E-state index in [1.807, 2.05) is 12.1 Å². The molecular formula is C21H20N2O6. The highest BCUT2D eigenvalue weighted by molar-refractivity contribution is 6.03. The maximum atomic E-state index is 13.4. The van der Waals surface area contributed by atoms with Crippen LogP contribution < -0.4 is 14.2 Å². The van der Waals surface area contributed by atoms with Crippen LogP contribution in [0.25, 0.3) is 0 Å². The fourth-order valence-electron chi connectivity index (χ4n) is 3.33. The summed E-state index contributed by atoms with van der Waals surface area (Å²) >= 11 is 0. The molecule has 3 heterocycles. The van der Waals surface area contributed by atoms with E-state index in [1.165, 1.54) is 26.3 Å². The third-order valence-electron chi connectivity index (χ3n) is 4.71. The molecule has 0 fully saturated rings. The first-order chi connectivity index (χ1) is 14.2. The Kier molecular flexibility index (Phi) is 4.99. The van der Waals surface area contributed by atoms with Gasteiger partial charge >= 0.3 is 0 Å². The lowest BCUT2D eigenvalue weighted by Gasteiger charge is -2.21. The Morgan fingerprint density at radius 1 is 1.03 bits per heavy atom. The largest absolute Gasteiger partial charge is 0.493 e. The predicted molar refractivity (Wildman–Crippen MR) is 104 cm³/mol. The molecule has 0 spiro atoms. The molecule has 0 bridgehead atoms. The number of furan rings is 2.